The molecule has 1 unspecified atom stereocenters. The highest BCUT2D eigenvalue weighted by molar-refractivity contribution is 6.31. The molecule has 15 heteroatoms. The van der Waals surface area contributed by atoms with Crippen LogP contribution in [0, 0.1) is 11.7 Å². The molecule has 2 saturated heterocycles. The maximum absolute atomic E-state index is 16.3. The normalized spacial score (nSPS) is 26.5. The molecule has 12 nitrogen and oxygen atoms in total. The second-order valence-electron chi connectivity index (χ2n) is 19.1. The molecule has 4 N–H and O–H groups in total. The molecule has 3 aromatic carbocycles. The molecule has 5 aliphatic rings. The largest absolute Gasteiger partial charge is 0.352 e. The second-order valence-corrected chi connectivity index (χ2v) is 20.0. The Hall–Kier alpha value is -4.56. The van der Waals surface area contributed by atoms with Crippen molar-refractivity contribution in [2.75, 3.05) is 25.5 Å². The lowest BCUT2D eigenvalue weighted by Gasteiger charge is -2.47. The number of piperidine rings is 1. The number of benzene rings is 3. The summed E-state index contributed by atoms with van der Waals surface area (Å²) in [5, 5.41) is 13.0. The van der Waals surface area contributed by atoms with E-state index in [0.29, 0.717) is 41.4 Å². The van der Waals surface area contributed by atoms with Crippen LogP contribution < -0.4 is 27.0 Å². The van der Waals surface area contributed by atoms with E-state index in [2.05, 4.69) is 33.2 Å². The highest BCUT2D eigenvalue weighted by Gasteiger charge is 2.72. The van der Waals surface area contributed by atoms with E-state index in [1.165, 1.54) is 10.6 Å². The van der Waals surface area contributed by atoms with Crippen molar-refractivity contribution in [3.63, 3.8) is 0 Å². The predicted octanol–water partition coefficient (Wildman–Crippen LogP) is 7.43. The first-order valence-electron chi connectivity index (χ1n) is 23.2. The lowest BCUT2D eigenvalue weighted by atomic mass is 9.55. The number of imidazole rings is 1. The average molecular weight is 915 g/mol. The van der Waals surface area contributed by atoms with E-state index in [-0.39, 0.29) is 46.5 Å². The number of carbonyl (C=O) groups excluding carboxylic acids is 4. The molecule has 4 fully saturated rings. The van der Waals surface area contributed by atoms with Gasteiger partial charge < -0.3 is 15.5 Å². The number of carbonyl (C=O) groups is 4. The van der Waals surface area contributed by atoms with Gasteiger partial charge in [0, 0.05) is 48.2 Å². The molecule has 2 saturated carbocycles. The van der Waals surface area contributed by atoms with E-state index in [1.54, 1.807) is 35.9 Å². The van der Waals surface area contributed by atoms with Crippen LogP contribution in [0.3, 0.4) is 0 Å². The Bertz CT molecular complexity index is 2550. The van der Waals surface area contributed by atoms with Gasteiger partial charge in [0.2, 0.25) is 23.6 Å². The molecule has 9 rings (SSSR count). The number of anilines is 1. The van der Waals surface area contributed by atoms with Gasteiger partial charge in [-0.3, -0.25) is 38.9 Å². The minimum Gasteiger partial charge on any atom is -0.352 e. The summed E-state index contributed by atoms with van der Waals surface area (Å²) in [5.74, 6) is -2.13. The van der Waals surface area contributed by atoms with Crippen molar-refractivity contribution in [2.24, 2.45) is 13.0 Å². The van der Waals surface area contributed by atoms with Gasteiger partial charge in [0.05, 0.1) is 22.1 Å². The number of aromatic nitrogens is 2. The predicted molar refractivity (Wildman–Crippen MR) is 246 cm³/mol. The first kappa shape index (κ1) is 44.6. The Labute approximate surface area is 383 Å². The number of fused-ring (bicyclic) bond motifs is 4. The number of hydrogen-bond donors (Lipinski definition) is 4. The van der Waals surface area contributed by atoms with Crippen molar-refractivity contribution in [2.45, 2.75) is 131 Å². The fourth-order valence-corrected chi connectivity index (χ4v) is 12.6. The van der Waals surface area contributed by atoms with Crippen molar-refractivity contribution in [1.82, 2.24) is 30.0 Å². The number of rotatable bonds is 12. The number of nitrogens with one attached hydrogen (secondary N) is 4. The standard InChI is InChI=1S/C49H58Cl2FN7O5/c1-57(25-8-3-5-10-29-15-20-37-39(26-29)58(2)47(64)59(37)38-21-22-40(60)55-44(38)61)28-30-13-17-32(18-14-30)53-45(62)43-41(33-11-9-12-35(51)42(33)52)49(48(56-43)23-6-4-7-24-48)34-19-16-31(50)27-36(34)54-46(49)63/h9,11-12,15-16,19-20,26-27,30,32,38,41,43,56H,3-8,10,13-14,17-18,21-25,28H2,1-2H3,(H,53,62)(H,54,63)(H,55,60,61)/t30-,32-,38?,41-,43+,49+/m0/s1. The summed E-state index contributed by atoms with van der Waals surface area (Å²) >= 11 is 12.9. The molecule has 0 bridgehead atoms. The monoisotopic (exact) mass is 913 g/mol. The Kier molecular flexibility index (Phi) is 12.6. The maximum Gasteiger partial charge on any atom is 0.329 e. The van der Waals surface area contributed by atoms with Crippen molar-refractivity contribution >= 4 is 63.6 Å². The summed E-state index contributed by atoms with van der Waals surface area (Å²) in [7, 11) is 3.90. The molecule has 3 aliphatic heterocycles. The number of hydrogen-bond acceptors (Lipinski definition) is 7. The third kappa shape index (κ3) is 7.87. The fraction of sp³-hybridized carbons (Fsp3) is 0.531. The van der Waals surface area contributed by atoms with E-state index in [1.807, 2.05) is 24.3 Å². The zero-order valence-electron chi connectivity index (χ0n) is 36.6. The van der Waals surface area contributed by atoms with E-state index >= 15 is 4.39 Å². The van der Waals surface area contributed by atoms with Gasteiger partial charge in [0.25, 0.3) is 0 Å². The number of nitrogens with zero attached hydrogens (tertiary/aromatic N) is 3. The molecule has 2 spiro atoms. The lowest BCUT2D eigenvalue weighted by molar-refractivity contribution is -0.136. The van der Waals surface area contributed by atoms with Gasteiger partial charge in [0.15, 0.2) is 0 Å². The van der Waals surface area contributed by atoms with Crippen LogP contribution in [0.15, 0.2) is 59.4 Å². The number of imide groups is 1. The molecule has 4 amide bonds. The molecule has 0 radical (unpaired) electrons. The number of aryl methyl sites for hydroxylation is 2. The summed E-state index contributed by atoms with van der Waals surface area (Å²) in [6.07, 6.45) is 12.4. The van der Waals surface area contributed by atoms with Gasteiger partial charge in [-0.2, -0.15) is 0 Å². The van der Waals surface area contributed by atoms with Gasteiger partial charge in [-0.1, -0.05) is 73.2 Å². The summed E-state index contributed by atoms with van der Waals surface area (Å²) in [6.45, 7) is 1.97. The highest BCUT2D eigenvalue weighted by Crippen LogP contribution is 2.63. The summed E-state index contributed by atoms with van der Waals surface area (Å²) in [5.41, 5.74) is 1.95. The summed E-state index contributed by atoms with van der Waals surface area (Å²) in [6, 6.07) is 14.7. The van der Waals surface area contributed by atoms with Crippen molar-refractivity contribution in [1.29, 1.82) is 0 Å². The number of unbranched alkanes of at least 4 members (excludes halogenated alkanes) is 2. The SMILES string of the molecule is CN(CCCCCc1ccc2c(c1)n(C)c(=O)n2C1CCC(=O)NC1=O)C[C@H]1CC[C@H](NC(=O)[C@@H]2NC3(CCCCC3)[C@@]3(C(=O)Nc4cc(Cl)ccc43)[C@H]2c2cccc(Cl)c2F)CC1. The molecule has 4 atom stereocenters. The van der Waals surface area contributed by atoms with Crippen molar-refractivity contribution in [3.8, 4) is 0 Å². The van der Waals surface area contributed by atoms with Crippen LogP contribution >= 0.6 is 23.2 Å². The first-order valence-corrected chi connectivity index (χ1v) is 23.9. The van der Waals surface area contributed by atoms with Gasteiger partial charge >= 0.3 is 5.69 Å². The Morgan fingerprint density at radius 2 is 1.69 bits per heavy atom. The fourth-order valence-electron chi connectivity index (χ4n) is 12.2. The van der Waals surface area contributed by atoms with E-state index in [4.69, 9.17) is 23.2 Å². The van der Waals surface area contributed by atoms with E-state index in [9.17, 15) is 24.0 Å². The van der Waals surface area contributed by atoms with Crippen LogP contribution in [0.5, 0.6) is 0 Å². The van der Waals surface area contributed by atoms with Gasteiger partial charge in [-0.15, -0.1) is 0 Å². The number of halogens is 3. The third-order valence-electron chi connectivity index (χ3n) is 15.2. The van der Waals surface area contributed by atoms with Gasteiger partial charge in [-0.05, 0) is 131 Å². The second kappa shape index (κ2) is 18.0. The molecule has 4 heterocycles. The van der Waals surface area contributed by atoms with Crippen molar-refractivity contribution in [3.05, 3.63) is 97.6 Å². The lowest BCUT2D eigenvalue weighted by Crippen LogP contribution is -2.60. The van der Waals surface area contributed by atoms with Crippen molar-refractivity contribution < 1.29 is 23.6 Å². The number of amides is 4. The smallest absolute Gasteiger partial charge is 0.329 e. The summed E-state index contributed by atoms with van der Waals surface area (Å²) < 4.78 is 19.4. The van der Waals surface area contributed by atoms with E-state index < -0.39 is 40.7 Å². The van der Waals surface area contributed by atoms with Gasteiger partial charge in [-0.25, -0.2) is 9.18 Å². The van der Waals surface area contributed by atoms with Crippen LogP contribution in [0.2, 0.25) is 10.0 Å². The van der Waals surface area contributed by atoms with Gasteiger partial charge in [0.1, 0.15) is 17.3 Å². The van der Waals surface area contributed by atoms with E-state index in [0.717, 1.165) is 100 Å². The average Bonchev–Trinajstić information content (AvgIpc) is 3.82. The minimum absolute atomic E-state index is 0.0271. The van der Waals surface area contributed by atoms with Crippen LogP contribution in [0.4, 0.5) is 10.1 Å². The van der Waals surface area contributed by atoms with Crippen LogP contribution in [-0.4, -0.2) is 75.4 Å². The Balaban J connectivity index is 0.795. The Morgan fingerprint density at radius 3 is 2.45 bits per heavy atom. The van der Waals surface area contributed by atoms with Crippen LogP contribution in [-0.2, 0) is 38.1 Å². The minimum atomic E-state index is -1.26. The van der Waals surface area contributed by atoms with Crippen LogP contribution in [0.25, 0.3) is 11.0 Å². The Morgan fingerprint density at radius 1 is 0.906 bits per heavy atom. The highest BCUT2D eigenvalue weighted by atomic mass is 35.5. The summed E-state index contributed by atoms with van der Waals surface area (Å²) in [4.78, 5) is 69.2. The first-order chi connectivity index (χ1) is 30.8. The topological polar surface area (TPSA) is 147 Å². The molecule has 340 valence electrons. The maximum atomic E-state index is 16.3. The van der Waals surface area contributed by atoms with Crippen LogP contribution in [0.1, 0.15) is 119 Å². The molecular formula is C49H58Cl2FN7O5. The molecule has 64 heavy (non-hydrogen) atoms. The quantitative estimate of drug-likeness (QED) is 0.0855. The zero-order chi connectivity index (χ0) is 44.9. The third-order valence-corrected chi connectivity index (χ3v) is 15.8. The molecule has 2 aliphatic carbocycles. The molecular weight excluding hydrogens is 856 g/mol. The molecule has 1 aromatic heterocycles. The molecule has 4 aromatic rings. The zero-order valence-corrected chi connectivity index (χ0v) is 38.1.